The molecule has 9 heavy (non-hydrogen) atoms. The van der Waals surface area contributed by atoms with Crippen molar-refractivity contribution < 1.29 is 0 Å². The average Bonchev–Trinajstić information content (AvgIpc) is 1.77. The van der Waals surface area contributed by atoms with Crippen molar-refractivity contribution in [3.8, 4) is 0 Å². The van der Waals surface area contributed by atoms with E-state index in [9.17, 15) is 0 Å². The maximum absolute atomic E-state index is 3.39. The van der Waals surface area contributed by atoms with Gasteiger partial charge in [-0.05, 0) is 30.8 Å². The maximum atomic E-state index is 3.39. The molecule has 1 atom stereocenters. The van der Waals surface area contributed by atoms with E-state index in [2.05, 4.69) is 26.1 Å². The van der Waals surface area contributed by atoms with E-state index in [0.717, 1.165) is 5.92 Å². The summed E-state index contributed by atoms with van der Waals surface area (Å²) in [7, 11) is 0. The zero-order valence-corrected chi connectivity index (χ0v) is 6.70. The van der Waals surface area contributed by atoms with Crippen molar-refractivity contribution in [2.75, 3.05) is 13.1 Å². The molecule has 1 heterocycles. The summed E-state index contributed by atoms with van der Waals surface area (Å²) in [5.41, 5.74) is 0.575. The Hall–Kier alpha value is -0.0400. The minimum Gasteiger partial charge on any atom is -0.316 e. The molecule has 0 bridgehead atoms. The Bertz CT molecular complexity index is 96.7. The minimum absolute atomic E-state index is 0.575. The topological polar surface area (TPSA) is 12.0 Å². The van der Waals surface area contributed by atoms with Crippen LogP contribution in [-0.4, -0.2) is 13.1 Å². The van der Waals surface area contributed by atoms with Crippen molar-refractivity contribution in [1.29, 1.82) is 0 Å². The van der Waals surface area contributed by atoms with Gasteiger partial charge in [-0.25, -0.2) is 0 Å². The predicted molar refractivity (Wildman–Crippen MR) is 40.4 cm³/mol. The molecule has 0 saturated carbocycles. The first-order chi connectivity index (χ1) is 4.13. The summed E-state index contributed by atoms with van der Waals surface area (Å²) in [6.45, 7) is 9.45. The summed E-state index contributed by atoms with van der Waals surface area (Å²) in [4.78, 5) is 0. The van der Waals surface area contributed by atoms with Crippen LogP contribution in [0.25, 0.3) is 0 Å². The lowest BCUT2D eigenvalue weighted by atomic mass is 9.75. The van der Waals surface area contributed by atoms with Crippen LogP contribution in [0, 0.1) is 11.3 Å². The van der Waals surface area contributed by atoms with Crippen LogP contribution in [0.15, 0.2) is 0 Å². The molecule has 1 rings (SSSR count). The summed E-state index contributed by atoms with van der Waals surface area (Å²) in [5.74, 6) is 0.839. The van der Waals surface area contributed by atoms with Crippen LogP contribution in [0.3, 0.4) is 0 Å². The second-order valence-corrected chi connectivity index (χ2v) is 3.84. The predicted octanol–water partition coefficient (Wildman–Crippen LogP) is 1.64. The number of rotatable bonds is 0. The maximum Gasteiger partial charge on any atom is -0.00180 e. The van der Waals surface area contributed by atoms with E-state index >= 15 is 0 Å². The van der Waals surface area contributed by atoms with Gasteiger partial charge in [0.15, 0.2) is 0 Å². The van der Waals surface area contributed by atoms with Crippen molar-refractivity contribution in [3.63, 3.8) is 0 Å². The molecule has 0 aromatic heterocycles. The van der Waals surface area contributed by atoms with Gasteiger partial charge in [0.25, 0.3) is 0 Å². The molecule has 1 fully saturated rings. The van der Waals surface area contributed by atoms with E-state index in [1.165, 1.54) is 19.5 Å². The quantitative estimate of drug-likeness (QED) is 0.521. The van der Waals surface area contributed by atoms with E-state index in [1.807, 2.05) is 0 Å². The van der Waals surface area contributed by atoms with Crippen LogP contribution in [0.4, 0.5) is 0 Å². The molecule has 0 aliphatic carbocycles. The zero-order chi connectivity index (χ0) is 6.91. The first kappa shape index (κ1) is 7.07. The summed E-state index contributed by atoms with van der Waals surface area (Å²) in [6.07, 6.45) is 1.33. The second kappa shape index (κ2) is 2.30. The SMILES string of the molecule is C[C@@H]1CNCCC1(C)C. The lowest BCUT2D eigenvalue weighted by molar-refractivity contribution is 0.169. The average molecular weight is 127 g/mol. The van der Waals surface area contributed by atoms with E-state index in [0.29, 0.717) is 5.41 Å². The molecule has 1 N–H and O–H groups in total. The summed E-state index contributed by atoms with van der Waals surface area (Å²) in [6, 6.07) is 0. The Labute approximate surface area is 57.8 Å². The molecule has 54 valence electrons. The van der Waals surface area contributed by atoms with Gasteiger partial charge in [-0.1, -0.05) is 20.8 Å². The molecule has 1 nitrogen and oxygen atoms in total. The first-order valence-corrected chi connectivity index (χ1v) is 3.83. The van der Waals surface area contributed by atoms with E-state index in [-0.39, 0.29) is 0 Å². The van der Waals surface area contributed by atoms with E-state index in [1.54, 1.807) is 0 Å². The fraction of sp³-hybridized carbons (Fsp3) is 1.00. The van der Waals surface area contributed by atoms with Gasteiger partial charge in [0, 0.05) is 0 Å². The molecular formula is C8H17N. The zero-order valence-electron chi connectivity index (χ0n) is 6.70. The number of hydrogen-bond acceptors (Lipinski definition) is 1. The molecule has 1 aliphatic rings. The van der Waals surface area contributed by atoms with E-state index < -0.39 is 0 Å². The molecule has 0 aromatic rings. The Morgan fingerprint density at radius 2 is 2.11 bits per heavy atom. The molecule has 0 unspecified atom stereocenters. The molecule has 1 aliphatic heterocycles. The van der Waals surface area contributed by atoms with Crippen LogP contribution >= 0.6 is 0 Å². The Kier molecular flexibility index (Phi) is 1.80. The molecule has 0 aromatic carbocycles. The third-order valence-electron chi connectivity index (χ3n) is 2.73. The highest BCUT2D eigenvalue weighted by atomic mass is 14.9. The molecule has 0 radical (unpaired) electrons. The van der Waals surface area contributed by atoms with Crippen molar-refractivity contribution in [2.45, 2.75) is 27.2 Å². The monoisotopic (exact) mass is 127 g/mol. The standard InChI is InChI=1S/C8H17N/c1-7-6-9-5-4-8(7,2)3/h7,9H,4-6H2,1-3H3/t7-/m1/s1. The van der Waals surface area contributed by atoms with Gasteiger partial charge < -0.3 is 5.32 Å². The van der Waals surface area contributed by atoms with Gasteiger partial charge >= 0.3 is 0 Å². The lowest BCUT2D eigenvalue weighted by Crippen LogP contribution is -2.40. The van der Waals surface area contributed by atoms with Gasteiger partial charge in [0.1, 0.15) is 0 Å². The Morgan fingerprint density at radius 3 is 2.44 bits per heavy atom. The molecule has 0 amide bonds. The minimum atomic E-state index is 0.575. The number of piperidine rings is 1. The largest absolute Gasteiger partial charge is 0.316 e. The van der Waals surface area contributed by atoms with Gasteiger partial charge in [-0.15, -0.1) is 0 Å². The van der Waals surface area contributed by atoms with Gasteiger partial charge in [-0.3, -0.25) is 0 Å². The van der Waals surface area contributed by atoms with Crippen LogP contribution in [0.1, 0.15) is 27.2 Å². The summed E-state index contributed by atoms with van der Waals surface area (Å²) < 4.78 is 0. The highest BCUT2D eigenvalue weighted by Crippen LogP contribution is 2.31. The van der Waals surface area contributed by atoms with Crippen molar-refractivity contribution >= 4 is 0 Å². The van der Waals surface area contributed by atoms with Crippen molar-refractivity contribution in [1.82, 2.24) is 5.32 Å². The lowest BCUT2D eigenvalue weighted by Gasteiger charge is -2.36. The van der Waals surface area contributed by atoms with Gasteiger partial charge in [0.2, 0.25) is 0 Å². The Balaban J connectivity index is 2.49. The first-order valence-electron chi connectivity index (χ1n) is 3.83. The number of nitrogens with one attached hydrogen (secondary N) is 1. The smallest absolute Gasteiger partial charge is 0.00180 e. The van der Waals surface area contributed by atoms with Gasteiger partial charge in [0.05, 0.1) is 0 Å². The second-order valence-electron chi connectivity index (χ2n) is 3.84. The van der Waals surface area contributed by atoms with Crippen LogP contribution in [0.2, 0.25) is 0 Å². The third kappa shape index (κ3) is 1.45. The molecule has 1 heteroatoms. The highest BCUT2D eigenvalue weighted by Gasteiger charge is 2.27. The highest BCUT2D eigenvalue weighted by molar-refractivity contribution is 4.81. The normalized spacial score (nSPS) is 34.3. The summed E-state index contributed by atoms with van der Waals surface area (Å²) >= 11 is 0. The summed E-state index contributed by atoms with van der Waals surface area (Å²) in [5, 5.41) is 3.39. The van der Waals surface area contributed by atoms with Crippen LogP contribution < -0.4 is 5.32 Å². The van der Waals surface area contributed by atoms with Crippen LogP contribution in [0.5, 0.6) is 0 Å². The molecular weight excluding hydrogens is 110 g/mol. The fourth-order valence-electron chi connectivity index (χ4n) is 1.25. The third-order valence-corrected chi connectivity index (χ3v) is 2.73. The van der Waals surface area contributed by atoms with Crippen LogP contribution in [-0.2, 0) is 0 Å². The Morgan fingerprint density at radius 1 is 1.44 bits per heavy atom. The van der Waals surface area contributed by atoms with Crippen molar-refractivity contribution in [2.24, 2.45) is 11.3 Å². The molecule has 1 saturated heterocycles. The number of hydrogen-bond donors (Lipinski definition) is 1. The fourth-order valence-corrected chi connectivity index (χ4v) is 1.25. The van der Waals surface area contributed by atoms with Gasteiger partial charge in [-0.2, -0.15) is 0 Å². The van der Waals surface area contributed by atoms with E-state index in [4.69, 9.17) is 0 Å². The molecule has 0 spiro atoms. The van der Waals surface area contributed by atoms with Crippen molar-refractivity contribution in [3.05, 3.63) is 0 Å².